The van der Waals surface area contributed by atoms with Gasteiger partial charge in [0.15, 0.2) is 5.82 Å². The van der Waals surface area contributed by atoms with E-state index in [0.29, 0.717) is 24.7 Å². The van der Waals surface area contributed by atoms with Crippen LogP contribution in [0.4, 0.5) is 0 Å². The fraction of sp³-hybridized carbons (Fsp3) is 0.438. The first-order valence-electron chi connectivity index (χ1n) is 7.61. The number of nitrogens with zero attached hydrogens (tertiary/aromatic N) is 3. The van der Waals surface area contributed by atoms with Gasteiger partial charge in [-0.15, -0.1) is 5.10 Å². The highest BCUT2D eigenvalue weighted by Gasteiger charge is 2.16. The van der Waals surface area contributed by atoms with Crippen LogP contribution in [-0.4, -0.2) is 33.9 Å². The highest BCUT2D eigenvalue weighted by molar-refractivity contribution is 5.75. The molecule has 0 bridgehead atoms. The van der Waals surface area contributed by atoms with Gasteiger partial charge in [0.05, 0.1) is 12.2 Å². The van der Waals surface area contributed by atoms with Crippen LogP contribution in [0.25, 0.3) is 5.69 Å². The van der Waals surface area contributed by atoms with Gasteiger partial charge in [-0.1, -0.05) is 18.2 Å². The van der Waals surface area contributed by atoms with Crippen LogP contribution < -0.4 is 5.32 Å². The molecule has 6 nitrogen and oxygen atoms in total. The van der Waals surface area contributed by atoms with Crippen molar-refractivity contribution in [2.45, 2.75) is 25.8 Å². The Labute approximate surface area is 129 Å². The Morgan fingerprint density at radius 3 is 3.00 bits per heavy atom. The fourth-order valence-electron chi connectivity index (χ4n) is 2.50. The molecule has 1 fully saturated rings. The van der Waals surface area contributed by atoms with E-state index in [-0.39, 0.29) is 5.91 Å². The van der Waals surface area contributed by atoms with E-state index in [9.17, 15) is 4.79 Å². The van der Waals surface area contributed by atoms with Gasteiger partial charge < -0.3 is 10.1 Å². The first kappa shape index (κ1) is 14.7. The number of para-hydroxylation sites is 1. The van der Waals surface area contributed by atoms with E-state index in [0.717, 1.165) is 31.7 Å². The van der Waals surface area contributed by atoms with Crippen molar-refractivity contribution in [3.05, 3.63) is 42.5 Å². The second-order valence-corrected chi connectivity index (χ2v) is 5.49. The van der Waals surface area contributed by atoms with E-state index in [2.05, 4.69) is 15.4 Å². The summed E-state index contributed by atoms with van der Waals surface area (Å²) in [7, 11) is 0. The van der Waals surface area contributed by atoms with E-state index in [1.165, 1.54) is 0 Å². The molecule has 1 aromatic heterocycles. The largest absolute Gasteiger partial charge is 0.381 e. The standard InChI is InChI=1S/C16H20N4O2/c21-16(7-6-13-8-9-22-11-13)17-10-15-18-12-20(19-15)14-4-2-1-3-5-14/h1-5,12-13H,6-11H2,(H,17,21)/t13-/m1/s1. The minimum Gasteiger partial charge on any atom is -0.381 e. The molecule has 1 aliphatic rings. The number of ether oxygens (including phenoxy) is 1. The molecule has 2 aromatic rings. The van der Waals surface area contributed by atoms with Crippen molar-refractivity contribution in [3.63, 3.8) is 0 Å². The lowest BCUT2D eigenvalue weighted by molar-refractivity contribution is -0.121. The van der Waals surface area contributed by atoms with Gasteiger partial charge >= 0.3 is 0 Å². The van der Waals surface area contributed by atoms with Gasteiger partial charge in [0.2, 0.25) is 5.91 Å². The minimum absolute atomic E-state index is 0.0444. The normalized spacial score (nSPS) is 17.5. The van der Waals surface area contributed by atoms with Crippen molar-refractivity contribution in [2.75, 3.05) is 13.2 Å². The molecule has 116 valence electrons. The van der Waals surface area contributed by atoms with E-state index in [4.69, 9.17) is 4.74 Å². The molecule has 0 spiro atoms. The Morgan fingerprint density at radius 1 is 1.36 bits per heavy atom. The maximum absolute atomic E-state index is 11.8. The van der Waals surface area contributed by atoms with Crippen LogP contribution in [0.2, 0.25) is 0 Å². The Bertz CT molecular complexity index is 606. The number of rotatable bonds is 6. The van der Waals surface area contributed by atoms with Crippen LogP contribution in [0.3, 0.4) is 0 Å². The summed E-state index contributed by atoms with van der Waals surface area (Å²) < 4.78 is 7.01. The Balaban J connectivity index is 1.45. The van der Waals surface area contributed by atoms with Crippen molar-refractivity contribution in [3.8, 4) is 5.69 Å². The number of hydrogen-bond acceptors (Lipinski definition) is 4. The molecule has 6 heteroatoms. The highest BCUT2D eigenvalue weighted by Crippen LogP contribution is 2.17. The molecule has 0 saturated carbocycles. The van der Waals surface area contributed by atoms with Crippen LogP contribution in [0.15, 0.2) is 36.7 Å². The Hall–Kier alpha value is -2.21. The summed E-state index contributed by atoms with van der Waals surface area (Å²) in [6.45, 7) is 1.98. The maximum Gasteiger partial charge on any atom is 0.220 e. The zero-order valence-corrected chi connectivity index (χ0v) is 12.4. The summed E-state index contributed by atoms with van der Waals surface area (Å²) in [6.07, 6.45) is 4.15. The predicted octanol–water partition coefficient (Wildman–Crippen LogP) is 1.70. The van der Waals surface area contributed by atoms with Crippen molar-refractivity contribution in [2.24, 2.45) is 5.92 Å². The monoisotopic (exact) mass is 300 g/mol. The third kappa shape index (κ3) is 3.92. The van der Waals surface area contributed by atoms with Gasteiger partial charge in [0.1, 0.15) is 6.33 Å². The molecule has 0 radical (unpaired) electrons. The summed E-state index contributed by atoms with van der Waals surface area (Å²) in [6, 6.07) is 9.77. The average molecular weight is 300 g/mol. The van der Waals surface area contributed by atoms with E-state index < -0.39 is 0 Å². The molecule has 1 atom stereocenters. The number of aromatic nitrogens is 3. The molecule has 22 heavy (non-hydrogen) atoms. The summed E-state index contributed by atoms with van der Waals surface area (Å²) in [5, 5.41) is 7.23. The molecule has 1 aliphatic heterocycles. The topological polar surface area (TPSA) is 69.0 Å². The van der Waals surface area contributed by atoms with Crippen molar-refractivity contribution in [1.82, 2.24) is 20.1 Å². The Morgan fingerprint density at radius 2 is 2.23 bits per heavy atom. The van der Waals surface area contributed by atoms with Crippen LogP contribution in [0.1, 0.15) is 25.1 Å². The summed E-state index contributed by atoms with van der Waals surface area (Å²) in [5.41, 5.74) is 0.953. The smallest absolute Gasteiger partial charge is 0.220 e. The van der Waals surface area contributed by atoms with Gasteiger partial charge in [0, 0.05) is 19.6 Å². The molecule has 1 amide bonds. The first-order valence-corrected chi connectivity index (χ1v) is 7.61. The lowest BCUT2D eigenvalue weighted by Gasteiger charge is -2.06. The quantitative estimate of drug-likeness (QED) is 0.881. The zero-order valence-electron chi connectivity index (χ0n) is 12.4. The molecular weight excluding hydrogens is 280 g/mol. The van der Waals surface area contributed by atoms with Crippen LogP contribution in [0, 0.1) is 5.92 Å². The molecular formula is C16H20N4O2. The highest BCUT2D eigenvalue weighted by atomic mass is 16.5. The number of carbonyl (C=O) groups is 1. The number of nitrogens with one attached hydrogen (secondary N) is 1. The number of benzene rings is 1. The second kappa shape index (κ2) is 7.17. The lowest BCUT2D eigenvalue weighted by atomic mass is 10.0. The number of amides is 1. The van der Waals surface area contributed by atoms with Crippen molar-refractivity contribution in [1.29, 1.82) is 0 Å². The van der Waals surface area contributed by atoms with Gasteiger partial charge in [0.25, 0.3) is 0 Å². The molecule has 1 aromatic carbocycles. The van der Waals surface area contributed by atoms with Gasteiger partial charge in [-0.2, -0.15) is 0 Å². The summed E-state index contributed by atoms with van der Waals surface area (Å²) in [4.78, 5) is 16.1. The maximum atomic E-state index is 11.8. The first-order chi connectivity index (χ1) is 10.8. The van der Waals surface area contributed by atoms with E-state index in [1.54, 1.807) is 11.0 Å². The van der Waals surface area contributed by atoms with E-state index >= 15 is 0 Å². The lowest BCUT2D eigenvalue weighted by Crippen LogP contribution is -2.24. The third-order valence-corrected chi connectivity index (χ3v) is 3.81. The van der Waals surface area contributed by atoms with Crippen molar-refractivity contribution >= 4 is 5.91 Å². The predicted molar refractivity (Wildman–Crippen MR) is 81.4 cm³/mol. The number of carbonyl (C=O) groups excluding carboxylic acids is 1. The molecule has 0 aliphatic carbocycles. The van der Waals surface area contributed by atoms with Crippen LogP contribution >= 0.6 is 0 Å². The fourth-order valence-corrected chi connectivity index (χ4v) is 2.50. The number of hydrogen-bond donors (Lipinski definition) is 1. The molecule has 2 heterocycles. The summed E-state index contributed by atoms with van der Waals surface area (Å²) in [5.74, 6) is 1.19. The van der Waals surface area contributed by atoms with Gasteiger partial charge in [-0.25, -0.2) is 9.67 Å². The average Bonchev–Trinajstić information content (AvgIpc) is 3.23. The molecule has 1 saturated heterocycles. The van der Waals surface area contributed by atoms with Gasteiger partial charge in [-0.05, 0) is 30.9 Å². The summed E-state index contributed by atoms with van der Waals surface area (Å²) >= 11 is 0. The van der Waals surface area contributed by atoms with Crippen molar-refractivity contribution < 1.29 is 9.53 Å². The molecule has 3 rings (SSSR count). The van der Waals surface area contributed by atoms with Gasteiger partial charge in [-0.3, -0.25) is 4.79 Å². The second-order valence-electron chi connectivity index (χ2n) is 5.49. The SMILES string of the molecule is O=C(CC[C@@H]1CCOC1)NCc1ncn(-c2ccccc2)n1. The molecule has 0 unspecified atom stereocenters. The molecule has 1 N–H and O–H groups in total. The van der Waals surface area contributed by atoms with Crippen LogP contribution in [0.5, 0.6) is 0 Å². The third-order valence-electron chi connectivity index (χ3n) is 3.81. The zero-order chi connectivity index (χ0) is 15.2. The van der Waals surface area contributed by atoms with E-state index in [1.807, 2.05) is 30.3 Å². The van der Waals surface area contributed by atoms with Crippen LogP contribution in [-0.2, 0) is 16.1 Å². The minimum atomic E-state index is 0.0444. The Kier molecular flexibility index (Phi) is 4.80.